The summed E-state index contributed by atoms with van der Waals surface area (Å²) in [4.78, 5) is 0. The number of hydrogen-bond acceptors (Lipinski definition) is 3. The third-order valence-corrected chi connectivity index (χ3v) is 4.32. The average molecular weight is 261 g/mol. The fourth-order valence-corrected chi connectivity index (χ4v) is 2.77. The van der Waals surface area contributed by atoms with Gasteiger partial charge in [0.15, 0.2) is 11.5 Å². The van der Waals surface area contributed by atoms with Gasteiger partial charge in [-0.15, -0.1) is 0 Å². The van der Waals surface area contributed by atoms with Gasteiger partial charge in [0.05, 0.1) is 13.2 Å². The molecule has 0 amide bonds. The molecule has 0 bridgehead atoms. The lowest BCUT2D eigenvalue weighted by Gasteiger charge is -2.32. The molecule has 1 saturated carbocycles. The first-order valence-corrected chi connectivity index (χ1v) is 7.45. The molecule has 0 aromatic heterocycles. The number of fused-ring (bicyclic) bond motifs is 1. The highest BCUT2D eigenvalue weighted by molar-refractivity contribution is 5.47. The Hall–Kier alpha value is -1.22. The van der Waals surface area contributed by atoms with Gasteiger partial charge in [0.25, 0.3) is 0 Å². The summed E-state index contributed by atoms with van der Waals surface area (Å²) >= 11 is 0. The van der Waals surface area contributed by atoms with Crippen LogP contribution in [0.25, 0.3) is 0 Å². The molecule has 1 fully saturated rings. The van der Waals surface area contributed by atoms with Gasteiger partial charge in [0.2, 0.25) is 0 Å². The van der Waals surface area contributed by atoms with Gasteiger partial charge in [0.1, 0.15) is 0 Å². The SMILES string of the molecule is CC(NCc1cccc2c1OCCCO2)C1CCC1. The van der Waals surface area contributed by atoms with Gasteiger partial charge in [-0.2, -0.15) is 0 Å². The van der Waals surface area contributed by atoms with Crippen LogP contribution in [-0.2, 0) is 6.54 Å². The molecule has 3 rings (SSSR count). The molecule has 3 heteroatoms. The summed E-state index contributed by atoms with van der Waals surface area (Å²) in [5, 5.41) is 3.64. The van der Waals surface area contributed by atoms with Crippen molar-refractivity contribution in [2.24, 2.45) is 5.92 Å². The van der Waals surface area contributed by atoms with Gasteiger partial charge >= 0.3 is 0 Å². The summed E-state index contributed by atoms with van der Waals surface area (Å²) in [6, 6.07) is 6.78. The summed E-state index contributed by atoms with van der Waals surface area (Å²) in [5.41, 5.74) is 1.21. The molecule has 1 aromatic rings. The van der Waals surface area contributed by atoms with Crippen LogP contribution < -0.4 is 14.8 Å². The minimum atomic E-state index is 0.594. The van der Waals surface area contributed by atoms with Crippen molar-refractivity contribution in [1.82, 2.24) is 5.32 Å². The monoisotopic (exact) mass is 261 g/mol. The number of hydrogen-bond donors (Lipinski definition) is 1. The summed E-state index contributed by atoms with van der Waals surface area (Å²) in [6.07, 6.45) is 5.11. The molecule has 2 aliphatic rings. The summed E-state index contributed by atoms with van der Waals surface area (Å²) < 4.78 is 11.6. The summed E-state index contributed by atoms with van der Waals surface area (Å²) in [5.74, 6) is 2.70. The van der Waals surface area contributed by atoms with E-state index in [0.29, 0.717) is 6.04 Å². The largest absolute Gasteiger partial charge is 0.490 e. The van der Waals surface area contributed by atoms with Gasteiger partial charge < -0.3 is 14.8 Å². The average Bonchev–Trinajstić information content (AvgIpc) is 2.59. The van der Waals surface area contributed by atoms with Crippen LogP contribution in [-0.4, -0.2) is 19.3 Å². The number of rotatable bonds is 4. The van der Waals surface area contributed by atoms with E-state index in [9.17, 15) is 0 Å². The van der Waals surface area contributed by atoms with E-state index in [4.69, 9.17) is 9.47 Å². The number of nitrogens with one attached hydrogen (secondary N) is 1. The molecule has 0 saturated heterocycles. The van der Waals surface area contributed by atoms with E-state index in [1.165, 1.54) is 24.8 Å². The van der Waals surface area contributed by atoms with Crippen molar-refractivity contribution in [3.63, 3.8) is 0 Å². The fraction of sp³-hybridized carbons (Fsp3) is 0.625. The van der Waals surface area contributed by atoms with Crippen LogP contribution in [0.15, 0.2) is 18.2 Å². The number of benzene rings is 1. The van der Waals surface area contributed by atoms with Crippen LogP contribution in [0.3, 0.4) is 0 Å². The lowest BCUT2D eigenvalue weighted by atomic mass is 9.80. The second kappa shape index (κ2) is 5.83. The molecule has 1 unspecified atom stereocenters. The lowest BCUT2D eigenvalue weighted by Crippen LogP contribution is -2.36. The quantitative estimate of drug-likeness (QED) is 0.903. The Morgan fingerprint density at radius 2 is 2.05 bits per heavy atom. The van der Waals surface area contributed by atoms with Gasteiger partial charge in [-0.05, 0) is 31.7 Å². The standard InChI is InChI=1S/C16H23NO2/c1-12(13-5-2-6-13)17-11-14-7-3-8-15-16(14)19-10-4-9-18-15/h3,7-8,12-13,17H,2,4-6,9-11H2,1H3. The van der Waals surface area contributed by atoms with Crippen molar-refractivity contribution in [3.8, 4) is 11.5 Å². The first-order chi connectivity index (χ1) is 9.34. The van der Waals surface area contributed by atoms with Crippen molar-refractivity contribution in [1.29, 1.82) is 0 Å². The minimum absolute atomic E-state index is 0.594. The van der Waals surface area contributed by atoms with Crippen molar-refractivity contribution >= 4 is 0 Å². The molecular weight excluding hydrogens is 238 g/mol. The highest BCUT2D eigenvalue weighted by Crippen LogP contribution is 2.34. The van der Waals surface area contributed by atoms with Crippen LogP contribution in [0.1, 0.15) is 38.2 Å². The fourth-order valence-electron chi connectivity index (χ4n) is 2.77. The molecule has 0 spiro atoms. The molecule has 19 heavy (non-hydrogen) atoms. The van der Waals surface area contributed by atoms with Gasteiger partial charge in [-0.1, -0.05) is 18.6 Å². The van der Waals surface area contributed by atoms with Crippen molar-refractivity contribution < 1.29 is 9.47 Å². The first-order valence-electron chi connectivity index (χ1n) is 7.45. The van der Waals surface area contributed by atoms with Crippen molar-refractivity contribution in [2.45, 2.75) is 45.2 Å². The predicted molar refractivity (Wildman–Crippen MR) is 75.7 cm³/mol. The Morgan fingerprint density at radius 1 is 1.21 bits per heavy atom. The zero-order valence-corrected chi connectivity index (χ0v) is 11.7. The number of para-hydroxylation sites is 1. The normalized spacial score (nSPS) is 20.5. The third-order valence-electron chi connectivity index (χ3n) is 4.32. The molecule has 1 aliphatic heterocycles. The topological polar surface area (TPSA) is 30.5 Å². The second-order valence-electron chi connectivity index (χ2n) is 5.66. The van der Waals surface area contributed by atoms with Crippen molar-refractivity contribution in [3.05, 3.63) is 23.8 Å². The maximum atomic E-state index is 5.85. The van der Waals surface area contributed by atoms with Crippen LogP contribution in [0.2, 0.25) is 0 Å². The maximum Gasteiger partial charge on any atom is 0.165 e. The molecule has 3 nitrogen and oxygen atoms in total. The Kier molecular flexibility index (Phi) is 3.92. The Labute approximate surface area is 115 Å². The van der Waals surface area contributed by atoms with Crippen molar-refractivity contribution in [2.75, 3.05) is 13.2 Å². The second-order valence-corrected chi connectivity index (χ2v) is 5.66. The molecule has 1 N–H and O–H groups in total. The highest BCUT2D eigenvalue weighted by Gasteiger charge is 2.24. The molecule has 1 atom stereocenters. The van der Waals surface area contributed by atoms with Crippen LogP contribution in [0, 0.1) is 5.92 Å². The minimum Gasteiger partial charge on any atom is -0.490 e. The van der Waals surface area contributed by atoms with Crippen LogP contribution in [0.5, 0.6) is 11.5 Å². The van der Waals surface area contributed by atoms with E-state index < -0.39 is 0 Å². The van der Waals surface area contributed by atoms with Crippen LogP contribution >= 0.6 is 0 Å². The summed E-state index contributed by atoms with van der Waals surface area (Å²) in [6.45, 7) is 4.66. The Balaban J connectivity index is 1.66. The molecular formula is C16H23NO2. The van der Waals surface area contributed by atoms with Gasteiger partial charge in [0, 0.05) is 24.6 Å². The third kappa shape index (κ3) is 2.86. The molecule has 1 aromatic carbocycles. The molecule has 1 aliphatic carbocycles. The zero-order chi connectivity index (χ0) is 13.1. The van der Waals surface area contributed by atoms with E-state index >= 15 is 0 Å². The Morgan fingerprint density at radius 3 is 2.84 bits per heavy atom. The van der Waals surface area contributed by atoms with E-state index in [1.807, 2.05) is 6.07 Å². The van der Waals surface area contributed by atoms with E-state index in [2.05, 4.69) is 24.4 Å². The van der Waals surface area contributed by atoms with E-state index in [0.717, 1.165) is 43.6 Å². The van der Waals surface area contributed by atoms with Crippen LogP contribution in [0.4, 0.5) is 0 Å². The van der Waals surface area contributed by atoms with E-state index in [-0.39, 0.29) is 0 Å². The van der Waals surface area contributed by atoms with Gasteiger partial charge in [-0.25, -0.2) is 0 Å². The smallest absolute Gasteiger partial charge is 0.165 e. The van der Waals surface area contributed by atoms with E-state index in [1.54, 1.807) is 0 Å². The molecule has 1 heterocycles. The molecule has 104 valence electrons. The van der Waals surface area contributed by atoms with Gasteiger partial charge in [-0.3, -0.25) is 0 Å². The highest BCUT2D eigenvalue weighted by atomic mass is 16.5. The first kappa shape index (κ1) is 12.8. The Bertz CT molecular complexity index is 429. The summed E-state index contributed by atoms with van der Waals surface area (Å²) in [7, 11) is 0. The zero-order valence-electron chi connectivity index (χ0n) is 11.7. The molecule has 0 radical (unpaired) electrons. The number of ether oxygens (including phenoxy) is 2. The lowest BCUT2D eigenvalue weighted by molar-refractivity contribution is 0.239. The predicted octanol–water partition coefficient (Wildman–Crippen LogP) is 3.13. The maximum absolute atomic E-state index is 5.85.